The lowest BCUT2D eigenvalue weighted by Gasteiger charge is -2.15. The molecule has 1 aliphatic rings. The van der Waals surface area contributed by atoms with Crippen LogP contribution in [0.4, 0.5) is 0 Å². The van der Waals surface area contributed by atoms with Crippen molar-refractivity contribution in [1.82, 2.24) is 0 Å². The summed E-state index contributed by atoms with van der Waals surface area (Å²) in [6.07, 6.45) is 6.76. The molecule has 2 nitrogen and oxygen atoms in total. The highest BCUT2D eigenvalue weighted by atomic mass is 16.5. The van der Waals surface area contributed by atoms with Crippen molar-refractivity contribution in [1.29, 1.82) is 0 Å². The van der Waals surface area contributed by atoms with Crippen molar-refractivity contribution >= 4 is 5.97 Å². The van der Waals surface area contributed by atoms with E-state index in [1.54, 1.807) is 12.1 Å². The molecule has 0 bridgehead atoms. The fraction of sp³-hybridized carbons (Fsp3) is 0.214. The molecule has 1 aliphatic carbocycles. The van der Waals surface area contributed by atoms with Gasteiger partial charge < -0.3 is 4.74 Å². The van der Waals surface area contributed by atoms with E-state index < -0.39 is 0 Å². The van der Waals surface area contributed by atoms with Crippen molar-refractivity contribution in [2.24, 2.45) is 0 Å². The van der Waals surface area contributed by atoms with Gasteiger partial charge in [-0.3, -0.25) is 0 Å². The highest BCUT2D eigenvalue weighted by Gasteiger charge is 2.13. The lowest BCUT2D eigenvalue weighted by Crippen LogP contribution is -2.15. The average molecular weight is 214 g/mol. The number of carbonyl (C=O) groups excluding carboxylic acids is 1. The molecule has 0 N–H and O–H groups in total. The third kappa shape index (κ3) is 2.60. The van der Waals surface area contributed by atoms with Gasteiger partial charge in [0.15, 0.2) is 0 Å². The highest BCUT2D eigenvalue weighted by Crippen LogP contribution is 2.17. The normalized spacial score (nSPS) is 14.9. The van der Waals surface area contributed by atoms with Gasteiger partial charge in [-0.25, -0.2) is 4.79 Å². The van der Waals surface area contributed by atoms with Crippen LogP contribution in [0.2, 0.25) is 0 Å². The van der Waals surface area contributed by atoms with Crippen molar-refractivity contribution in [2.75, 3.05) is 0 Å². The second-order valence-corrected chi connectivity index (χ2v) is 3.89. The van der Waals surface area contributed by atoms with E-state index in [9.17, 15) is 4.79 Å². The molecule has 2 heteroatoms. The van der Waals surface area contributed by atoms with E-state index in [0.717, 1.165) is 6.42 Å². The Morgan fingerprint density at radius 3 is 2.56 bits per heavy atom. The number of ether oxygens (including phenoxy) is 1. The molecule has 1 atom stereocenters. The summed E-state index contributed by atoms with van der Waals surface area (Å²) in [5, 5.41) is 0. The van der Waals surface area contributed by atoms with Crippen LogP contribution in [0.25, 0.3) is 0 Å². The standard InChI is InChI=1S/C14H14O2/c1-11(10-12-6-5-7-12)16-14(15)13-8-3-2-4-9-13/h2-9,11H,10H2,1H3. The molecular weight excluding hydrogens is 200 g/mol. The van der Waals surface area contributed by atoms with Gasteiger partial charge in [-0.2, -0.15) is 0 Å². The molecule has 0 heterocycles. The van der Waals surface area contributed by atoms with Gasteiger partial charge in [0.2, 0.25) is 0 Å². The van der Waals surface area contributed by atoms with Gasteiger partial charge in [-0.05, 0) is 24.6 Å². The van der Waals surface area contributed by atoms with Crippen molar-refractivity contribution in [3.05, 3.63) is 59.7 Å². The summed E-state index contributed by atoms with van der Waals surface area (Å²) in [5.74, 6) is -0.253. The van der Waals surface area contributed by atoms with Gasteiger partial charge in [0.1, 0.15) is 6.10 Å². The second kappa shape index (κ2) is 4.79. The van der Waals surface area contributed by atoms with Gasteiger partial charge in [0.25, 0.3) is 0 Å². The SMILES string of the molecule is CC(CC1=CC=C1)OC(=O)c1ccccc1. The lowest BCUT2D eigenvalue weighted by molar-refractivity contribution is 0.0344. The first-order valence-electron chi connectivity index (χ1n) is 5.39. The summed E-state index contributed by atoms with van der Waals surface area (Å²) in [6.45, 7) is 1.91. The molecule has 1 aromatic rings. The van der Waals surface area contributed by atoms with Crippen LogP contribution < -0.4 is 0 Å². The second-order valence-electron chi connectivity index (χ2n) is 3.89. The zero-order valence-electron chi connectivity index (χ0n) is 9.22. The first-order chi connectivity index (χ1) is 7.75. The molecule has 0 radical (unpaired) electrons. The first-order valence-corrected chi connectivity index (χ1v) is 5.39. The van der Waals surface area contributed by atoms with Gasteiger partial charge in [0.05, 0.1) is 5.56 Å². The monoisotopic (exact) mass is 214 g/mol. The number of hydrogen-bond donors (Lipinski definition) is 0. The maximum Gasteiger partial charge on any atom is 0.338 e. The molecule has 16 heavy (non-hydrogen) atoms. The Morgan fingerprint density at radius 1 is 1.31 bits per heavy atom. The number of benzene rings is 1. The number of esters is 1. The fourth-order valence-corrected chi connectivity index (χ4v) is 1.57. The fourth-order valence-electron chi connectivity index (χ4n) is 1.57. The molecule has 0 fully saturated rings. The van der Waals surface area contributed by atoms with Crippen LogP contribution in [0.1, 0.15) is 23.7 Å². The zero-order valence-corrected chi connectivity index (χ0v) is 9.22. The van der Waals surface area contributed by atoms with Crippen LogP contribution in [-0.4, -0.2) is 12.1 Å². The van der Waals surface area contributed by atoms with Crippen LogP contribution in [-0.2, 0) is 4.74 Å². The molecule has 0 spiro atoms. The Hall–Kier alpha value is -1.83. The molecule has 1 aromatic carbocycles. The summed E-state index contributed by atoms with van der Waals surface area (Å²) in [6, 6.07) is 9.07. The number of carbonyl (C=O) groups is 1. The van der Waals surface area contributed by atoms with E-state index in [1.165, 1.54) is 5.57 Å². The molecule has 1 unspecified atom stereocenters. The van der Waals surface area contributed by atoms with E-state index in [2.05, 4.69) is 0 Å². The molecule has 2 rings (SSSR count). The van der Waals surface area contributed by atoms with E-state index in [1.807, 2.05) is 43.4 Å². The van der Waals surface area contributed by atoms with E-state index >= 15 is 0 Å². The molecule has 0 saturated heterocycles. The molecular formula is C14H14O2. The lowest BCUT2D eigenvalue weighted by atomic mass is 10.0. The third-order valence-electron chi connectivity index (χ3n) is 2.46. The Bertz CT molecular complexity index is 429. The number of allylic oxidation sites excluding steroid dienone is 3. The summed E-state index contributed by atoms with van der Waals surface area (Å²) in [4.78, 5) is 11.7. The van der Waals surface area contributed by atoms with E-state index in [4.69, 9.17) is 4.74 Å². The van der Waals surface area contributed by atoms with Gasteiger partial charge in [-0.15, -0.1) is 0 Å². The summed E-state index contributed by atoms with van der Waals surface area (Å²) >= 11 is 0. The molecule has 0 aliphatic heterocycles. The number of hydrogen-bond acceptors (Lipinski definition) is 2. The number of rotatable bonds is 4. The topological polar surface area (TPSA) is 26.3 Å². The van der Waals surface area contributed by atoms with Gasteiger partial charge in [-0.1, -0.05) is 36.4 Å². The minimum atomic E-state index is -0.253. The van der Waals surface area contributed by atoms with Crippen LogP contribution in [0.3, 0.4) is 0 Å². The zero-order chi connectivity index (χ0) is 11.4. The molecule has 0 saturated carbocycles. The predicted molar refractivity (Wildman–Crippen MR) is 63.2 cm³/mol. The van der Waals surface area contributed by atoms with Gasteiger partial charge in [0, 0.05) is 6.42 Å². The van der Waals surface area contributed by atoms with Crippen LogP contribution in [0.5, 0.6) is 0 Å². The Kier molecular flexibility index (Phi) is 3.20. The van der Waals surface area contributed by atoms with Crippen molar-refractivity contribution in [2.45, 2.75) is 19.4 Å². The van der Waals surface area contributed by atoms with Gasteiger partial charge >= 0.3 is 5.97 Å². The van der Waals surface area contributed by atoms with Crippen LogP contribution in [0, 0.1) is 0 Å². The smallest absolute Gasteiger partial charge is 0.338 e. The Morgan fingerprint density at radius 2 is 2.00 bits per heavy atom. The maximum absolute atomic E-state index is 11.7. The van der Waals surface area contributed by atoms with E-state index in [0.29, 0.717) is 5.56 Å². The third-order valence-corrected chi connectivity index (χ3v) is 2.46. The van der Waals surface area contributed by atoms with Crippen molar-refractivity contribution in [3.8, 4) is 0 Å². The quantitative estimate of drug-likeness (QED) is 0.720. The minimum absolute atomic E-state index is 0.0797. The maximum atomic E-state index is 11.7. The van der Waals surface area contributed by atoms with Crippen LogP contribution in [0.15, 0.2) is 54.1 Å². The Balaban J connectivity index is 1.87. The average Bonchev–Trinajstić information content (AvgIpc) is 2.25. The summed E-state index contributed by atoms with van der Waals surface area (Å²) in [5.41, 5.74) is 1.83. The molecule has 0 aromatic heterocycles. The van der Waals surface area contributed by atoms with Crippen LogP contribution >= 0.6 is 0 Å². The predicted octanol–water partition coefficient (Wildman–Crippen LogP) is 3.12. The highest BCUT2D eigenvalue weighted by molar-refractivity contribution is 5.89. The summed E-state index contributed by atoms with van der Waals surface area (Å²) in [7, 11) is 0. The minimum Gasteiger partial charge on any atom is -0.459 e. The molecule has 0 amide bonds. The largest absolute Gasteiger partial charge is 0.459 e. The first kappa shape index (κ1) is 10.7. The summed E-state index contributed by atoms with van der Waals surface area (Å²) < 4.78 is 5.33. The van der Waals surface area contributed by atoms with E-state index in [-0.39, 0.29) is 12.1 Å². The molecule has 82 valence electrons. The van der Waals surface area contributed by atoms with Crippen molar-refractivity contribution in [3.63, 3.8) is 0 Å². The Labute approximate surface area is 95.2 Å². The van der Waals surface area contributed by atoms with Crippen molar-refractivity contribution < 1.29 is 9.53 Å².